The summed E-state index contributed by atoms with van der Waals surface area (Å²) in [5, 5.41) is 3.91. The molecule has 2 nitrogen and oxygen atoms in total. The summed E-state index contributed by atoms with van der Waals surface area (Å²) in [5.74, 6) is 1.79. The minimum absolute atomic E-state index is 0.637. The Bertz CT molecular complexity index is 224. The zero-order valence-electron chi connectivity index (χ0n) is 8.37. The first-order valence-electron chi connectivity index (χ1n) is 4.52. The van der Waals surface area contributed by atoms with Gasteiger partial charge in [0.05, 0.1) is 0 Å². The number of fused-ring (bicyclic) bond motifs is 1. The fourth-order valence-corrected chi connectivity index (χ4v) is 1.47. The van der Waals surface area contributed by atoms with E-state index in [1.807, 2.05) is 10.8 Å². The molecule has 0 aromatic carbocycles. The Morgan fingerprint density at radius 1 is 1.08 bits per heavy atom. The van der Waals surface area contributed by atoms with Crippen LogP contribution in [0.1, 0.15) is 0 Å². The van der Waals surface area contributed by atoms with Gasteiger partial charge in [-0.25, -0.2) is 0 Å². The third kappa shape index (κ3) is 4.22. The van der Waals surface area contributed by atoms with Crippen molar-refractivity contribution in [2.45, 2.75) is 14.8 Å². The molecule has 0 saturated heterocycles. The molecule has 0 N–H and O–H groups in total. The smallest absolute Gasteiger partial charge is 0.172 e. The Morgan fingerprint density at radius 3 is 1.85 bits per heavy atom. The third-order valence-electron chi connectivity index (χ3n) is 1.19. The number of rotatable bonds is 0. The Hall–Kier alpha value is 0.0987. The van der Waals surface area contributed by atoms with Crippen LogP contribution in [0.4, 0.5) is 0 Å². The minimum atomic E-state index is -0.637. The van der Waals surface area contributed by atoms with Gasteiger partial charge in [-0.1, -0.05) is 0 Å². The van der Waals surface area contributed by atoms with E-state index in [0.717, 1.165) is 11.5 Å². The Kier molecular flexibility index (Phi) is 4.94. The molecule has 13 heavy (non-hydrogen) atoms. The van der Waals surface area contributed by atoms with Crippen molar-refractivity contribution in [2.75, 3.05) is 13.2 Å². The Morgan fingerprint density at radius 2 is 1.46 bits per heavy atom. The Labute approximate surface area is 90.6 Å². The summed E-state index contributed by atoms with van der Waals surface area (Å²) in [5.41, 5.74) is 0. The summed E-state index contributed by atoms with van der Waals surface area (Å²) in [7, 11) is 0. The van der Waals surface area contributed by atoms with Crippen LogP contribution in [0, 0.1) is 0 Å². The van der Waals surface area contributed by atoms with E-state index in [2.05, 4.69) is 14.8 Å². The van der Waals surface area contributed by atoms with Crippen LogP contribution >= 0.6 is 11.3 Å². The molecule has 0 aliphatic carbocycles. The van der Waals surface area contributed by atoms with Crippen molar-refractivity contribution in [1.82, 2.24) is 0 Å². The van der Waals surface area contributed by atoms with Gasteiger partial charge in [0.1, 0.15) is 13.2 Å². The SMILES string of the molecule is [CH3][SnH]([CH3])[CH3].c1scc2c1OCCO2. The maximum atomic E-state index is 5.25. The molecule has 74 valence electrons. The molecule has 1 aliphatic rings. The molecule has 0 fully saturated rings. The topological polar surface area (TPSA) is 18.5 Å². The summed E-state index contributed by atoms with van der Waals surface area (Å²) < 4.78 is 10.5. The second-order valence-electron chi connectivity index (χ2n) is 3.53. The van der Waals surface area contributed by atoms with Gasteiger partial charge in [-0.2, -0.15) is 0 Å². The molecule has 4 heteroatoms. The van der Waals surface area contributed by atoms with Gasteiger partial charge in [0.25, 0.3) is 0 Å². The normalized spacial score (nSPS) is 13.5. The van der Waals surface area contributed by atoms with Crippen LogP contribution in [0.25, 0.3) is 0 Å². The van der Waals surface area contributed by atoms with Crippen LogP contribution < -0.4 is 9.47 Å². The second-order valence-corrected chi connectivity index (χ2v) is 14.2. The monoisotopic (exact) mass is 308 g/mol. The molecule has 1 aromatic rings. The predicted molar refractivity (Wildman–Crippen MR) is 60.1 cm³/mol. The summed E-state index contributed by atoms with van der Waals surface area (Å²) in [6.07, 6.45) is 0. The molecule has 1 aromatic heterocycles. The standard InChI is InChI=1S/C6H6O2S.3CH3.Sn.H/c1-2-8-6-4-9-3-5(6)7-1;;;;;/h3-4H,1-2H2;3*1H3;;. The number of thiophene rings is 1. The van der Waals surface area contributed by atoms with Gasteiger partial charge < -0.3 is 9.47 Å². The molecule has 0 radical (unpaired) electrons. The quantitative estimate of drug-likeness (QED) is 0.686. The molecule has 0 saturated carbocycles. The second kappa shape index (κ2) is 5.75. The fourth-order valence-electron chi connectivity index (χ4n) is 0.787. The average molecular weight is 307 g/mol. The van der Waals surface area contributed by atoms with Crippen molar-refractivity contribution in [2.24, 2.45) is 0 Å². The van der Waals surface area contributed by atoms with E-state index < -0.39 is 19.8 Å². The molecule has 1 aliphatic heterocycles. The summed E-state index contributed by atoms with van der Waals surface area (Å²) in [6, 6.07) is 0. The van der Waals surface area contributed by atoms with Crippen molar-refractivity contribution in [3.63, 3.8) is 0 Å². The van der Waals surface area contributed by atoms with Crippen molar-refractivity contribution in [3.05, 3.63) is 10.8 Å². The maximum absolute atomic E-state index is 5.25. The fraction of sp³-hybridized carbons (Fsp3) is 0.556. The Balaban J connectivity index is 0.000000184. The van der Waals surface area contributed by atoms with Gasteiger partial charge in [0.2, 0.25) is 0 Å². The summed E-state index contributed by atoms with van der Waals surface area (Å²) in [4.78, 5) is 7.13. The molecule has 0 amide bonds. The van der Waals surface area contributed by atoms with Crippen molar-refractivity contribution in [3.8, 4) is 11.5 Å². The maximum Gasteiger partial charge on any atom is 0.172 e. The van der Waals surface area contributed by atoms with Gasteiger partial charge in [-0.05, 0) is 0 Å². The van der Waals surface area contributed by atoms with Crippen molar-refractivity contribution in [1.29, 1.82) is 0 Å². The van der Waals surface area contributed by atoms with Crippen molar-refractivity contribution >= 4 is 31.1 Å². The first kappa shape index (κ1) is 11.2. The predicted octanol–water partition coefficient (Wildman–Crippen LogP) is 2.62. The van der Waals surface area contributed by atoms with Gasteiger partial charge >= 0.3 is 34.6 Å². The van der Waals surface area contributed by atoms with Crippen LogP contribution in [-0.4, -0.2) is 33.0 Å². The average Bonchev–Trinajstić information content (AvgIpc) is 2.49. The van der Waals surface area contributed by atoms with Crippen molar-refractivity contribution < 1.29 is 9.47 Å². The van der Waals surface area contributed by atoms with Gasteiger partial charge in [-0.3, -0.25) is 0 Å². The molecular formula is C9H16O2SSn. The molecule has 2 heterocycles. The number of ether oxygens (including phenoxy) is 2. The molecule has 0 atom stereocenters. The zero-order chi connectivity index (χ0) is 9.68. The first-order valence-corrected chi connectivity index (χ1v) is 15.3. The van der Waals surface area contributed by atoms with E-state index in [1.165, 1.54) is 0 Å². The van der Waals surface area contributed by atoms with Crippen LogP contribution in [0.5, 0.6) is 11.5 Å². The van der Waals surface area contributed by atoms with E-state index >= 15 is 0 Å². The zero-order valence-corrected chi connectivity index (χ0v) is 12.5. The number of hydrogen-bond acceptors (Lipinski definition) is 3. The summed E-state index contributed by atoms with van der Waals surface area (Å²) >= 11 is 0.969. The molecule has 0 spiro atoms. The first-order chi connectivity index (χ1) is 6.20. The van der Waals surface area contributed by atoms with E-state index in [4.69, 9.17) is 9.47 Å². The number of hydrogen-bond donors (Lipinski definition) is 0. The molecule has 0 unspecified atom stereocenters. The minimum Gasteiger partial charge on any atom is -0.485 e. The van der Waals surface area contributed by atoms with E-state index in [9.17, 15) is 0 Å². The van der Waals surface area contributed by atoms with Crippen LogP contribution in [0.2, 0.25) is 14.8 Å². The van der Waals surface area contributed by atoms with E-state index in [-0.39, 0.29) is 0 Å². The summed E-state index contributed by atoms with van der Waals surface area (Å²) in [6.45, 7) is 1.37. The third-order valence-corrected chi connectivity index (χ3v) is 1.89. The van der Waals surface area contributed by atoms with E-state index in [0.29, 0.717) is 13.2 Å². The van der Waals surface area contributed by atoms with Crippen LogP contribution in [0.3, 0.4) is 0 Å². The molecule has 2 rings (SSSR count). The molecular weight excluding hydrogens is 291 g/mol. The van der Waals surface area contributed by atoms with Gasteiger partial charge in [0.15, 0.2) is 11.5 Å². The van der Waals surface area contributed by atoms with Gasteiger partial charge in [0, 0.05) is 10.8 Å². The largest absolute Gasteiger partial charge is 0.485 e. The van der Waals surface area contributed by atoms with Crippen LogP contribution in [0.15, 0.2) is 10.8 Å². The van der Waals surface area contributed by atoms with E-state index in [1.54, 1.807) is 11.3 Å². The molecule has 0 bridgehead atoms. The van der Waals surface area contributed by atoms with Crippen LogP contribution in [-0.2, 0) is 0 Å². The van der Waals surface area contributed by atoms with Gasteiger partial charge in [-0.15, -0.1) is 11.3 Å².